The lowest BCUT2D eigenvalue weighted by molar-refractivity contribution is -0.127. The number of imide groups is 1. The van der Waals surface area contributed by atoms with E-state index >= 15 is 0 Å². The number of carbonyl (C=O) groups excluding carboxylic acids is 4. The van der Waals surface area contributed by atoms with Gasteiger partial charge in [-0.25, -0.2) is 9.69 Å². The van der Waals surface area contributed by atoms with Crippen LogP contribution in [0, 0.1) is 0 Å². The maximum Gasteiger partial charge on any atom is 0.329 e. The Kier molecular flexibility index (Phi) is 5.43. The first kappa shape index (κ1) is 19.9. The van der Waals surface area contributed by atoms with Gasteiger partial charge in [0.25, 0.3) is 11.8 Å². The Morgan fingerprint density at radius 2 is 1.97 bits per heavy atom. The summed E-state index contributed by atoms with van der Waals surface area (Å²) in [6.45, 7) is 1.81. The molecule has 1 aromatic rings. The van der Waals surface area contributed by atoms with E-state index in [4.69, 9.17) is 0 Å². The minimum absolute atomic E-state index is 0.163. The van der Waals surface area contributed by atoms with Crippen LogP contribution in [0.25, 0.3) is 0 Å². The quantitative estimate of drug-likeness (QED) is 0.662. The maximum absolute atomic E-state index is 13.1. The molecule has 0 radical (unpaired) electrons. The molecule has 1 aromatic carbocycles. The Labute approximate surface area is 174 Å². The normalized spacial score (nSPS) is 23.4. The van der Waals surface area contributed by atoms with E-state index in [0.29, 0.717) is 37.2 Å². The van der Waals surface area contributed by atoms with Gasteiger partial charge in [0.15, 0.2) is 0 Å². The number of amides is 5. The van der Waals surface area contributed by atoms with Crippen molar-refractivity contribution in [1.29, 1.82) is 0 Å². The summed E-state index contributed by atoms with van der Waals surface area (Å²) < 4.78 is 0. The molecule has 0 bridgehead atoms. The molecule has 9 heteroatoms. The van der Waals surface area contributed by atoms with Crippen molar-refractivity contribution in [3.63, 3.8) is 0 Å². The Morgan fingerprint density at radius 1 is 1.20 bits per heavy atom. The Bertz CT molecular complexity index is 900. The number of nitrogens with zero attached hydrogens (tertiary/aromatic N) is 3. The standard InChI is InChI=1S/C21H25N5O4/c1-24-13-15(19(28)22-10-6-12-25-11-5-9-16(25)27)17-18(24)20(29)26(21(30)23-17)14-7-3-2-4-8-14/h2-4,7-8,13,17-18H,5-6,9-12H2,1H3,(H,22,28)(H,23,30). The number of fused-ring (bicyclic) bond motifs is 1. The average Bonchev–Trinajstić information content (AvgIpc) is 3.28. The Morgan fingerprint density at radius 3 is 2.67 bits per heavy atom. The summed E-state index contributed by atoms with van der Waals surface area (Å²) in [5.74, 6) is -0.525. The van der Waals surface area contributed by atoms with Gasteiger partial charge in [0.05, 0.1) is 17.3 Å². The zero-order chi connectivity index (χ0) is 21.3. The minimum Gasteiger partial charge on any atom is -0.366 e. The molecule has 0 saturated carbocycles. The van der Waals surface area contributed by atoms with Crippen LogP contribution in [0.1, 0.15) is 19.3 Å². The van der Waals surface area contributed by atoms with Gasteiger partial charge in [0.2, 0.25) is 5.91 Å². The summed E-state index contributed by atoms with van der Waals surface area (Å²) in [7, 11) is 1.72. The zero-order valence-corrected chi connectivity index (χ0v) is 16.8. The molecule has 5 amide bonds. The minimum atomic E-state index is -0.699. The molecule has 0 aliphatic carbocycles. The number of urea groups is 1. The first-order chi connectivity index (χ1) is 14.5. The van der Waals surface area contributed by atoms with E-state index in [1.165, 1.54) is 0 Å². The van der Waals surface area contributed by atoms with Crippen molar-refractivity contribution in [1.82, 2.24) is 20.4 Å². The van der Waals surface area contributed by atoms with Crippen LogP contribution in [0.4, 0.5) is 10.5 Å². The van der Waals surface area contributed by atoms with E-state index < -0.39 is 18.1 Å². The molecule has 0 spiro atoms. The summed E-state index contributed by atoms with van der Waals surface area (Å²) in [6.07, 6.45) is 3.76. The molecular weight excluding hydrogens is 386 g/mol. The SMILES string of the molecule is CN1C=C(C(=O)NCCCN2CCCC2=O)C2NC(=O)N(c3ccccc3)C(=O)C21. The average molecular weight is 411 g/mol. The highest BCUT2D eigenvalue weighted by molar-refractivity contribution is 6.19. The van der Waals surface area contributed by atoms with Crippen LogP contribution in [-0.4, -0.2) is 72.3 Å². The van der Waals surface area contributed by atoms with Crippen LogP contribution in [0.5, 0.6) is 0 Å². The van der Waals surface area contributed by atoms with Gasteiger partial charge in [-0.15, -0.1) is 0 Å². The van der Waals surface area contributed by atoms with Crippen molar-refractivity contribution in [2.24, 2.45) is 0 Å². The summed E-state index contributed by atoms with van der Waals surface area (Å²) in [5.41, 5.74) is 0.843. The number of carbonyl (C=O) groups is 4. The van der Waals surface area contributed by atoms with E-state index in [0.717, 1.165) is 17.9 Å². The van der Waals surface area contributed by atoms with Crippen LogP contribution in [-0.2, 0) is 14.4 Å². The third kappa shape index (κ3) is 3.62. The number of likely N-dealkylation sites (tertiary alicyclic amines) is 1. The molecule has 3 aliphatic rings. The zero-order valence-electron chi connectivity index (χ0n) is 16.8. The number of anilines is 1. The van der Waals surface area contributed by atoms with Gasteiger partial charge in [0, 0.05) is 39.3 Å². The molecule has 2 atom stereocenters. The Hall–Kier alpha value is -3.36. The first-order valence-electron chi connectivity index (χ1n) is 10.2. The largest absolute Gasteiger partial charge is 0.366 e. The predicted octanol–water partition coefficient (Wildman–Crippen LogP) is 0.438. The molecule has 4 rings (SSSR count). The summed E-state index contributed by atoms with van der Waals surface area (Å²) >= 11 is 0. The molecule has 30 heavy (non-hydrogen) atoms. The predicted molar refractivity (Wildman–Crippen MR) is 109 cm³/mol. The second-order valence-corrected chi connectivity index (χ2v) is 7.72. The van der Waals surface area contributed by atoms with Gasteiger partial charge in [-0.1, -0.05) is 18.2 Å². The Balaban J connectivity index is 1.38. The van der Waals surface area contributed by atoms with Gasteiger partial charge in [0.1, 0.15) is 6.04 Å². The summed E-state index contributed by atoms with van der Waals surface area (Å²) in [5, 5.41) is 5.64. The van der Waals surface area contributed by atoms with Crippen LogP contribution in [0.2, 0.25) is 0 Å². The van der Waals surface area contributed by atoms with Gasteiger partial charge >= 0.3 is 6.03 Å². The molecule has 0 aromatic heterocycles. The lowest BCUT2D eigenvalue weighted by Gasteiger charge is -2.37. The molecule has 2 N–H and O–H groups in total. The molecule has 2 fully saturated rings. The van der Waals surface area contributed by atoms with Crippen molar-refractivity contribution in [3.05, 3.63) is 42.1 Å². The van der Waals surface area contributed by atoms with Gasteiger partial charge in [-0.3, -0.25) is 14.4 Å². The second kappa shape index (κ2) is 8.17. The topological polar surface area (TPSA) is 102 Å². The fraction of sp³-hybridized carbons (Fsp3) is 0.429. The lowest BCUT2D eigenvalue weighted by atomic mass is 9.99. The molecule has 3 aliphatic heterocycles. The fourth-order valence-electron chi connectivity index (χ4n) is 4.22. The lowest BCUT2D eigenvalue weighted by Crippen LogP contribution is -2.65. The van der Waals surface area contributed by atoms with Gasteiger partial charge in [-0.2, -0.15) is 0 Å². The smallest absolute Gasteiger partial charge is 0.329 e. The monoisotopic (exact) mass is 411 g/mol. The second-order valence-electron chi connectivity index (χ2n) is 7.72. The summed E-state index contributed by atoms with van der Waals surface area (Å²) in [6, 6.07) is 6.79. The molecule has 2 saturated heterocycles. The highest BCUT2D eigenvalue weighted by Gasteiger charge is 2.49. The number of hydrogen-bond acceptors (Lipinski definition) is 5. The van der Waals surface area contributed by atoms with E-state index in [2.05, 4.69) is 10.6 Å². The van der Waals surface area contributed by atoms with Crippen molar-refractivity contribution in [3.8, 4) is 0 Å². The van der Waals surface area contributed by atoms with Crippen molar-refractivity contribution >= 4 is 29.4 Å². The van der Waals surface area contributed by atoms with Crippen molar-refractivity contribution in [2.45, 2.75) is 31.3 Å². The van der Waals surface area contributed by atoms with E-state index in [1.807, 2.05) is 11.0 Å². The number of rotatable bonds is 6. The molecule has 9 nitrogen and oxygen atoms in total. The maximum atomic E-state index is 13.1. The highest BCUT2D eigenvalue weighted by Crippen LogP contribution is 2.29. The molecule has 158 valence electrons. The highest BCUT2D eigenvalue weighted by atomic mass is 16.2. The van der Waals surface area contributed by atoms with Crippen LogP contribution >= 0.6 is 0 Å². The van der Waals surface area contributed by atoms with E-state index in [-0.39, 0.29) is 17.7 Å². The summed E-state index contributed by atoms with van der Waals surface area (Å²) in [4.78, 5) is 54.6. The first-order valence-corrected chi connectivity index (χ1v) is 10.2. The number of benzene rings is 1. The molecule has 3 heterocycles. The van der Waals surface area contributed by atoms with E-state index in [9.17, 15) is 19.2 Å². The van der Waals surface area contributed by atoms with Crippen molar-refractivity contribution < 1.29 is 19.2 Å². The number of nitrogens with one attached hydrogen (secondary N) is 2. The third-order valence-electron chi connectivity index (χ3n) is 5.73. The van der Waals surface area contributed by atoms with Crippen molar-refractivity contribution in [2.75, 3.05) is 31.6 Å². The number of likely N-dealkylation sites (N-methyl/N-ethyl adjacent to an activating group) is 1. The third-order valence-corrected chi connectivity index (χ3v) is 5.73. The van der Waals surface area contributed by atoms with Crippen LogP contribution in [0.15, 0.2) is 42.1 Å². The fourth-order valence-corrected chi connectivity index (χ4v) is 4.22. The van der Waals surface area contributed by atoms with Gasteiger partial charge < -0.3 is 20.4 Å². The van der Waals surface area contributed by atoms with Crippen LogP contribution < -0.4 is 15.5 Å². The number of para-hydroxylation sites is 1. The molecule has 2 unspecified atom stereocenters. The van der Waals surface area contributed by atoms with Gasteiger partial charge in [-0.05, 0) is 25.0 Å². The van der Waals surface area contributed by atoms with Crippen LogP contribution in [0.3, 0.4) is 0 Å². The molecular formula is C21H25N5O4. The number of hydrogen-bond donors (Lipinski definition) is 2. The van der Waals surface area contributed by atoms with E-state index in [1.54, 1.807) is 42.4 Å².